The van der Waals surface area contributed by atoms with Gasteiger partial charge in [0.2, 0.25) is 0 Å². The van der Waals surface area contributed by atoms with Gasteiger partial charge in [0, 0.05) is 12.6 Å². The summed E-state index contributed by atoms with van der Waals surface area (Å²) in [5, 5.41) is 0. The van der Waals surface area contributed by atoms with Gasteiger partial charge in [-0.05, 0) is 32.7 Å². The van der Waals surface area contributed by atoms with E-state index in [0.29, 0.717) is 0 Å². The summed E-state index contributed by atoms with van der Waals surface area (Å²) < 4.78 is 0. The summed E-state index contributed by atoms with van der Waals surface area (Å²) in [5.74, 6) is 0.838. The Kier molecular flexibility index (Phi) is 3.13. The van der Waals surface area contributed by atoms with E-state index in [-0.39, 0.29) is 0 Å². The van der Waals surface area contributed by atoms with Gasteiger partial charge in [0.1, 0.15) is 0 Å². The average Bonchev–Trinajstić information content (AvgIpc) is 2.00. The number of hydrogen-bond donors (Lipinski definition) is 0. The summed E-state index contributed by atoms with van der Waals surface area (Å²) in [6.45, 7) is 5.79. The van der Waals surface area contributed by atoms with Gasteiger partial charge in [0.05, 0.1) is 0 Å². The fourth-order valence-electron chi connectivity index (χ4n) is 1.56. The summed E-state index contributed by atoms with van der Waals surface area (Å²) in [6, 6.07) is 0.736. The molecule has 0 bridgehead atoms. The van der Waals surface area contributed by atoms with Gasteiger partial charge in [0.25, 0.3) is 0 Å². The van der Waals surface area contributed by atoms with Crippen molar-refractivity contribution in [1.29, 1.82) is 0 Å². The van der Waals surface area contributed by atoms with Crippen molar-refractivity contribution in [3.05, 3.63) is 12.2 Å². The minimum atomic E-state index is 0.736. The third-order valence-corrected chi connectivity index (χ3v) is 2.87. The Bertz CT molecular complexity index is 140. The van der Waals surface area contributed by atoms with Crippen molar-refractivity contribution in [3.8, 4) is 0 Å². The molecule has 1 rings (SSSR count). The maximum atomic E-state index is 2.42. The van der Waals surface area contributed by atoms with Gasteiger partial charge in [-0.15, -0.1) is 0 Å². The van der Waals surface area contributed by atoms with E-state index in [1.807, 2.05) is 0 Å². The first kappa shape index (κ1) is 8.79. The smallest absolute Gasteiger partial charge is 0.0163 e. The minimum absolute atomic E-state index is 0.736. The van der Waals surface area contributed by atoms with Crippen molar-refractivity contribution in [2.24, 2.45) is 5.92 Å². The quantitative estimate of drug-likeness (QED) is 0.483. The highest BCUT2D eigenvalue weighted by Gasteiger charge is 2.16. The van der Waals surface area contributed by atoms with Crippen LogP contribution in [0, 0.1) is 5.92 Å². The van der Waals surface area contributed by atoms with E-state index >= 15 is 0 Å². The SMILES string of the molecule is CC1CC/C=C\CN(C)C1C. The summed E-state index contributed by atoms with van der Waals surface area (Å²) in [4.78, 5) is 2.42. The molecule has 0 N–H and O–H groups in total. The molecular weight excluding hydrogens is 134 g/mol. The molecule has 1 heterocycles. The highest BCUT2D eigenvalue weighted by Crippen LogP contribution is 2.17. The normalized spacial score (nSPS) is 37.7. The highest BCUT2D eigenvalue weighted by atomic mass is 15.1. The summed E-state index contributed by atoms with van der Waals surface area (Å²) in [6.07, 6.45) is 7.18. The molecule has 64 valence electrons. The van der Waals surface area contributed by atoms with Crippen molar-refractivity contribution in [1.82, 2.24) is 4.90 Å². The number of allylic oxidation sites excluding steroid dienone is 1. The second kappa shape index (κ2) is 3.91. The van der Waals surface area contributed by atoms with Crippen LogP contribution in [0.4, 0.5) is 0 Å². The Hall–Kier alpha value is -0.300. The van der Waals surface area contributed by atoms with Crippen LogP contribution < -0.4 is 0 Å². The van der Waals surface area contributed by atoms with Crippen molar-refractivity contribution in [2.75, 3.05) is 13.6 Å². The lowest BCUT2D eigenvalue weighted by Gasteiger charge is -2.30. The van der Waals surface area contributed by atoms with E-state index in [1.165, 1.54) is 12.8 Å². The monoisotopic (exact) mass is 153 g/mol. The van der Waals surface area contributed by atoms with Crippen LogP contribution in [0.5, 0.6) is 0 Å². The van der Waals surface area contributed by atoms with E-state index in [1.54, 1.807) is 0 Å². The first-order valence-electron chi connectivity index (χ1n) is 4.57. The van der Waals surface area contributed by atoms with Crippen molar-refractivity contribution in [3.63, 3.8) is 0 Å². The van der Waals surface area contributed by atoms with Gasteiger partial charge in [-0.3, -0.25) is 4.90 Å². The number of hydrogen-bond acceptors (Lipinski definition) is 1. The molecule has 2 unspecified atom stereocenters. The number of rotatable bonds is 0. The number of nitrogens with zero attached hydrogens (tertiary/aromatic N) is 1. The molecule has 0 aliphatic carbocycles. The van der Waals surface area contributed by atoms with Crippen LogP contribution in [-0.4, -0.2) is 24.5 Å². The summed E-state index contributed by atoms with van der Waals surface area (Å²) in [5.41, 5.74) is 0. The molecule has 0 radical (unpaired) electrons. The molecule has 0 saturated carbocycles. The van der Waals surface area contributed by atoms with Crippen molar-refractivity contribution >= 4 is 0 Å². The topological polar surface area (TPSA) is 3.24 Å². The Labute approximate surface area is 70.1 Å². The molecule has 1 nitrogen and oxygen atoms in total. The Morgan fingerprint density at radius 2 is 2.00 bits per heavy atom. The zero-order chi connectivity index (χ0) is 8.27. The lowest BCUT2D eigenvalue weighted by Crippen LogP contribution is -2.35. The molecule has 1 heteroatoms. The lowest BCUT2D eigenvalue weighted by molar-refractivity contribution is 0.207. The van der Waals surface area contributed by atoms with Crippen LogP contribution in [0.25, 0.3) is 0 Å². The van der Waals surface area contributed by atoms with Crippen LogP contribution in [0.15, 0.2) is 12.2 Å². The van der Waals surface area contributed by atoms with Crippen LogP contribution >= 0.6 is 0 Å². The van der Waals surface area contributed by atoms with E-state index in [4.69, 9.17) is 0 Å². The first-order chi connectivity index (χ1) is 5.22. The van der Waals surface area contributed by atoms with Crippen LogP contribution in [0.2, 0.25) is 0 Å². The molecule has 0 spiro atoms. The second-order valence-corrected chi connectivity index (χ2v) is 3.71. The van der Waals surface area contributed by atoms with E-state index in [0.717, 1.165) is 18.5 Å². The average molecular weight is 153 g/mol. The molecule has 0 aromatic carbocycles. The zero-order valence-electron chi connectivity index (χ0n) is 7.88. The van der Waals surface area contributed by atoms with Gasteiger partial charge in [-0.25, -0.2) is 0 Å². The maximum Gasteiger partial charge on any atom is 0.0163 e. The Morgan fingerprint density at radius 3 is 2.73 bits per heavy atom. The first-order valence-corrected chi connectivity index (χ1v) is 4.57. The van der Waals surface area contributed by atoms with Gasteiger partial charge in [0.15, 0.2) is 0 Å². The van der Waals surface area contributed by atoms with E-state index in [9.17, 15) is 0 Å². The van der Waals surface area contributed by atoms with Crippen molar-refractivity contribution < 1.29 is 0 Å². The zero-order valence-corrected chi connectivity index (χ0v) is 7.88. The molecule has 0 aromatic heterocycles. The molecule has 0 aromatic rings. The van der Waals surface area contributed by atoms with Gasteiger partial charge in [-0.1, -0.05) is 19.1 Å². The molecule has 0 saturated heterocycles. The molecule has 0 amide bonds. The standard InChI is InChI=1S/C10H19N/c1-9-7-5-4-6-8-11(3)10(9)2/h4,6,9-10H,5,7-8H2,1-3H3/b6-4-. The van der Waals surface area contributed by atoms with Crippen LogP contribution in [0.3, 0.4) is 0 Å². The van der Waals surface area contributed by atoms with Gasteiger partial charge >= 0.3 is 0 Å². The summed E-state index contributed by atoms with van der Waals surface area (Å²) in [7, 11) is 2.21. The molecule has 0 fully saturated rings. The Balaban J connectivity index is 2.54. The molecule has 2 atom stereocenters. The third kappa shape index (κ3) is 2.33. The fourth-order valence-corrected chi connectivity index (χ4v) is 1.56. The summed E-state index contributed by atoms with van der Waals surface area (Å²) >= 11 is 0. The fraction of sp³-hybridized carbons (Fsp3) is 0.800. The Morgan fingerprint density at radius 1 is 1.27 bits per heavy atom. The van der Waals surface area contributed by atoms with Gasteiger partial charge < -0.3 is 0 Å². The lowest BCUT2D eigenvalue weighted by atomic mass is 9.95. The predicted molar refractivity (Wildman–Crippen MR) is 49.6 cm³/mol. The van der Waals surface area contributed by atoms with Crippen LogP contribution in [0.1, 0.15) is 26.7 Å². The van der Waals surface area contributed by atoms with E-state index < -0.39 is 0 Å². The third-order valence-electron chi connectivity index (χ3n) is 2.87. The molecular formula is C10H19N. The minimum Gasteiger partial charge on any atom is -0.300 e. The van der Waals surface area contributed by atoms with E-state index in [2.05, 4.69) is 37.9 Å². The molecule has 11 heavy (non-hydrogen) atoms. The predicted octanol–water partition coefficient (Wildman–Crippen LogP) is 2.29. The van der Waals surface area contributed by atoms with Crippen molar-refractivity contribution in [2.45, 2.75) is 32.7 Å². The second-order valence-electron chi connectivity index (χ2n) is 3.71. The molecule has 1 aliphatic rings. The largest absolute Gasteiger partial charge is 0.300 e. The number of likely N-dealkylation sites (N-methyl/N-ethyl adjacent to an activating group) is 1. The highest BCUT2D eigenvalue weighted by molar-refractivity contribution is 4.89. The van der Waals surface area contributed by atoms with Crippen LogP contribution in [-0.2, 0) is 0 Å². The van der Waals surface area contributed by atoms with Gasteiger partial charge in [-0.2, -0.15) is 0 Å². The molecule has 1 aliphatic heterocycles. The maximum absolute atomic E-state index is 2.42.